The molecule has 0 aromatic heterocycles. The summed E-state index contributed by atoms with van der Waals surface area (Å²) >= 11 is 0. The van der Waals surface area contributed by atoms with Gasteiger partial charge in [-0.15, -0.1) is 0 Å². The summed E-state index contributed by atoms with van der Waals surface area (Å²) in [7, 11) is -2.45. The van der Waals surface area contributed by atoms with Gasteiger partial charge in [0.05, 0.1) is 23.5 Å². The van der Waals surface area contributed by atoms with Gasteiger partial charge in [-0.05, 0) is 19.1 Å². The number of rotatable bonds is 5. The van der Waals surface area contributed by atoms with E-state index in [0.717, 1.165) is 5.56 Å². The highest BCUT2D eigenvalue weighted by Gasteiger charge is 2.56. The molecule has 2 aliphatic heterocycles. The van der Waals surface area contributed by atoms with Crippen LogP contribution in [0.15, 0.2) is 29.2 Å². The Balaban J connectivity index is 1.72. The first-order chi connectivity index (χ1) is 11.3. The van der Waals surface area contributed by atoms with E-state index in [1.165, 1.54) is 19.2 Å². The molecule has 0 radical (unpaired) electrons. The minimum Gasteiger partial charge on any atom is -0.456 e. The van der Waals surface area contributed by atoms with Gasteiger partial charge in [0.25, 0.3) is 10.1 Å². The molecule has 1 aromatic rings. The zero-order valence-electron chi connectivity index (χ0n) is 13.7. The molecule has 0 bridgehead atoms. The van der Waals surface area contributed by atoms with Crippen LogP contribution in [0.1, 0.15) is 12.5 Å². The van der Waals surface area contributed by atoms with Crippen molar-refractivity contribution in [1.29, 1.82) is 0 Å². The van der Waals surface area contributed by atoms with Gasteiger partial charge in [0.1, 0.15) is 0 Å². The van der Waals surface area contributed by atoms with Crippen LogP contribution in [0.2, 0.25) is 0 Å². The van der Waals surface area contributed by atoms with Crippen molar-refractivity contribution in [3.8, 4) is 0 Å². The van der Waals surface area contributed by atoms with Gasteiger partial charge in [-0.2, -0.15) is 8.42 Å². The number of methoxy groups -OCH3 is 1. The second-order valence-electron chi connectivity index (χ2n) is 6.10. The van der Waals surface area contributed by atoms with Crippen molar-refractivity contribution in [2.75, 3.05) is 13.7 Å². The van der Waals surface area contributed by atoms with E-state index >= 15 is 0 Å². The number of carbonyl (C=O) groups excluding carboxylic acids is 1. The van der Waals surface area contributed by atoms with E-state index < -0.39 is 34.5 Å². The lowest BCUT2D eigenvalue weighted by Crippen LogP contribution is -2.30. The van der Waals surface area contributed by atoms with Crippen LogP contribution in [-0.4, -0.2) is 46.6 Å². The standard InChI is InChI=1S/C16H20O7S/c1-9-4-6-11(7-5-9)24(18,19)21-8-12-13-10(2)15(17)23-14(13)16(20-3)22-12/h4-7,10,12-14,16H,8H2,1-3H3/t10-,12-,13+,14+,16-/m0/s1. The zero-order chi connectivity index (χ0) is 17.5. The maximum atomic E-state index is 12.3. The minimum absolute atomic E-state index is 0.0812. The Hall–Kier alpha value is -1.48. The summed E-state index contributed by atoms with van der Waals surface area (Å²) in [5.74, 6) is -1.02. The number of hydrogen-bond donors (Lipinski definition) is 0. The van der Waals surface area contributed by atoms with Crippen LogP contribution in [0.4, 0.5) is 0 Å². The van der Waals surface area contributed by atoms with E-state index in [-0.39, 0.29) is 23.4 Å². The molecule has 24 heavy (non-hydrogen) atoms. The lowest BCUT2D eigenvalue weighted by molar-refractivity contribution is -0.177. The van der Waals surface area contributed by atoms with Crippen LogP contribution in [0.5, 0.6) is 0 Å². The largest absolute Gasteiger partial charge is 0.456 e. The van der Waals surface area contributed by atoms with Gasteiger partial charge in [-0.3, -0.25) is 8.98 Å². The lowest BCUT2D eigenvalue weighted by atomic mass is 9.89. The van der Waals surface area contributed by atoms with Gasteiger partial charge in [-0.1, -0.05) is 24.6 Å². The van der Waals surface area contributed by atoms with Gasteiger partial charge < -0.3 is 14.2 Å². The average molecular weight is 356 g/mol. The minimum atomic E-state index is -3.89. The van der Waals surface area contributed by atoms with Crippen molar-refractivity contribution in [3.05, 3.63) is 29.8 Å². The third-order valence-corrected chi connectivity index (χ3v) is 5.81. The topological polar surface area (TPSA) is 88.1 Å². The Morgan fingerprint density at radius 2 is 1.88 bits per heavy atom. The van der Waals surface area contributed by atoms with E-state index in [2.05, 4.69) is 0 Å². The first kappa shape index (κ1) is 17.3. The Kier molecular flexibility index (Phi) is 4.65. The number of hydrogen-bond acceptors (Lipinski definition) is 7. The molecule has 0 amide bonds. The summed E-state index contributed by atoms with van der Waals surface area (Å²) in [6.45, 7) is 3.40. The van der Waals surface area contributed by atoms with Gasteiger partial charge in [0, 0.05) is 13.0 Å². The molecule has 0 saturated carbocycles. The Morgan fingerprint density at radius 1 is 1.21 bits per heavy atom. The molecule has 2 aliphatic rings. The number of aryl methyl sites for hydroxylation is 1. The van der Waals surface area contributed by atoms with Crippen LogP contribution in [0.3, 0.4) is 0 Å². The molecule has 8 heteroatoms. The smallest absolute Gasteiger partial charge is 0.309 e. The number of carbonyl (C=O) groups is 1. The summed E-state index contributed by atoms with van der Waals surface area (Å²) < 4.78 is 45.8. The molecule has 1 aromatic carbocycles. The van der Waals surface area contributed by atoms with Gasteiger partial charge in [0.15, 0.2) is 12.4 Å². The quantitative estimate of drug-likeness (QED) is 0.579. The third-order valence-electron chi connectivity index (χ3n) is 4.52. The van der Waals surface area contributed by atoms with Gasteiger partial charge >= 0.3 is 5.97 Å². The molecule has 0 aliphatic carbocycles. The molecule has 3 rings (SSSR count). The highest BCUT2D eigenvalue weighted by Crippen LogP contribution is 2.41. The summed E-state index contributed by atoms with van der Waals surface area (Å²) in [6, 6.07) is 6.38. The number of fused-ring (bicyclic) bond motifs is 1. The molecular formula is C16H20O7S. The van der Waals surface area contributed by atoms with E-state index in [0.29, 0.717) is 0 Å². The molecular weight excluding hydrogens is 336 g/mol. The molecule has 0 unspecified atom stereocenters. The summed E-state index contributed by atoms with van der Waals surface area (Å²) in [5.41, 5.74) is 0.953. The molecule has 132 valence electrons. The summed E-state index contributed by atoms with van der Waals surface area (Å²) in [5, 5.41) is 0. The van der Waals surface area contributed by atoms with Crippen molar-refractivity contribution in [2.24, 2.45) is 11.8 Å². The Labute approximate surface area is 141 Å². The predicted octanol–water partition coefficient (Wildman–Crippen LogP) is 1.25. The van der Waals surface area contributed by atoms with Crippen molar-refractivity contribution >= 4 is 16.1 Å². The Morgan fingerprint density at radius 3 is 2.50 bits per heavy atom. The van der Waals surface area contributed by atoms with E-state index in [1.54, 1.807) is 19.1 Å². The first-order valence-corrected chi connectivity index (χ1v) is 9.09. The highest BCUT2D eigenvalue weighted by atomic mass is 32.2. The molecule has 0 N–H and O–H groups in total. The summed E-state index contributed by atoms with van der Waals surface area (Å²) in [4.78, 5) is 11.8. The van der Waals surface area contributed by atoms with E-state index in [4.69, 9.17) is 18.4 Å². The second kappa shape index (κ2) is 6.44. The van der Waals surface area contributed by atoms with Crippen LogP contribution in [0, 0.1) is 18.8 Å². The van der Waals surface area contributed by atoms with Crippen LogP contribution in [0.25, 0.3) is 0 Å². The van der Waals surface area contributed by atoms with Crippen LogP contribution < -0.4 is 0 Å². The average Bonchev–Trinajstić information content (AvgIpc) is 3.04. The lowest BCUT2D eigenvalue weighted by Gasteiger charge is -2.18. The fraction of sp³-hybridized carbons (Fsp3) is 0.562. The SMILES string of the molecule is CO[C@H]1O[C@@H](COS(=O)(=O)c2ccc(C)cc2)[C@@H]2[C@H]1OC(=O)[C@H]2C. The number of benzene rings is 1. The predicted molar refractivity (Wildman–Crippen MR) is 82.5 cm³/mol. The van der Waals surface area contributed by atoms with Crippen LogP contribution in [-0.2, 0) is 33.3 Å². The number of esters is 1. The van der Waals surface area contributed by atoms with E-state index in [1.807, 2.05) is 6.92 Å². The molecule has 0 spiro atoms. The molecule has 7 nitrogen and oxygen atoms in total. The van der Waals surface area contributed by atoms with Crippen molar-refractivity contribution in [3.63, 3.8) is 0 Å². The fourth-order valence-electron chi connectivity index (χ4n) is 3.14. The molecule has 2 saturated heterocycles. The zero-order valence-corrected chi connectivity index (χ0v) is 14.5. The highest BCUT2D eigenvalue weighted by molar-refractivity contribution is 7.86. The van der Waals surface area contributed by atoms with Gasteiger partial charge in [0.2, 0.25) is 0 Å². The second-order valence-corrected chi connectivity index (χ2v) is 7.71. The maximum Gasteiger partial charge on any atom is 0.309 e. The first-order valence-electron chi connectivity index (χ1n) is 7.68. The molecule has 2 fully saturated rings. The van der Waals surface area contributed by atoms with Crippen molar-refractivity contribution in [2.45, 2.75) is 37.2 Å². The monoisotopic (exact) mass is 356 g/mol. The molecule has 2 heterocycles. The number of ether oxygens (including phenoxy) is 3. The normalized spacial score (nSPS) is 32.6. The van der Waals surface area contributed by atoms with Gasteiger partial charge in [-0.25, -0.2) is 0 Å². The van der Waals surface area contributed by atoms with Crippen LogP contribution >= 0.6 is 0 Å². The van der Waals surface area contributed by atoms with E-state index in [9.17, 15) is 13.2 Å². The maximum absolute atomic E-state index is 12.3. The summed E-state index contributed by atoms with van der Waals surface area (Å²) in [6.07, 6.45) is -1.84. The molecule has 5 atom stereocenters. The third kappa shape index (κ3) is 3.06. The fourth-order valence-corrected chi connectivity index (χ4v) is 4.06. The Bertz CT molecular complexity index is 712. The van der Waals surface area contributed by atoms with Crippen molar-refractivity contribution in [1.82, 2.24) is 0 Å². The van der Waals surface area contributed by atoms with Crippen molar-refractivity contribution < 1.29 is 31.6 Å².